The Morgan fingerprint density at radius 1 is 1.13 bits per heavy atom. The molecule has 1 amide bonds. The van der Waals surface area contributed by atoms with Crippen molar-refractivity contribution in [3.63, 3.8) is 0 Å². The molecule has 7 heteroatoms. The number of halogens is 3. The molecule has 3 rings (SSSR count). The molecule has 0 atom stereocenters. The second kappa shape index (κ2) is 9.35. The van der Waals surface area contributed by atoms with E-state index in [1.165, 1.54) is 18.2 Å². The topological polar surface area (TPSA) is 62.1 Å². The number of amides is 1. The van der Waals surface area contributed by atoms with Crippen LogP contribution in [0.15, 0.2) is 66.2 Å². The van der Waals surface area contributed by atoms with Gasteiger partial charge in [-0.15, -0.1) is 0 Å². The largest absolute Gasteiger partial charge is 0.493 e. The number of nitrogens with zero attached hydrogens (tertiary/aromatic N) is 1. The molecule has 0 fully saturated rings. The Morgan fingerprint density at radius 2 is 1.90 bits per heavy atom. The summed E-state index contributed by atoms with van der Waals surface area (Å²) in [4.78, 5) is 12.6. The van der Waals surface area contributed by atoms with Gasteiger partial charge in [0.2, 0.25) is 0 Å². The van der Waals surface area contributed by atoms with Crippen LogP contribution in [0, 0.1) is 11.3 Å². The standard InChI is InChI=1S/C24H19F3N2O2/c1-2-12-31-22-11-10-16-6-3-4-9-20(16)21(22)13-17(15-28)23(30)29-19-8-5-7-18(14-19)24(25,26)27/h3-11,13-14H,2,12H2,1H3,(H,29,30)/b17-13+. The lowest BCUT2D eigenvalue weighted by atomic mass is 10.0. The number of hydrogen-bond acceptors (Lipinski definition) is 3. The van der Waals surface area contributed by atoms with Gasteiger partial charge < -0.3 is 10.1 Å². The molecule has 0 saturated heterocycles. The monoisotopic (exact) mass is 424 g/mol. The van der Waals surface area contributed by atoms with Crippen LogP contribution in [0.1, 0.15) is 24.5 Å². The quantitative estimate of drug-likeness (QED) is 0.379. The number of anilines is 1. The predicted molar refractivity (Wildman–Crippen MR) is 113 cm³/mol. The van der Waals surface area contributed by atoms with E-state index < -0.39 is 17.6 Å². The normalized spacial score (nSPS) is 11.8. The third-order valence-corrected chi connectivity index (χ3v) is 4.49. The van der Waals surface area contributed by atoms with E-state index in [4.69, 9.17) is 4.74 Å². The number of nitrogens with one attached hydrogen (secondary N) is 1. The SMILES string of the molecule is CCCOc1ccc2ccccc2c1/C=C(\C#N)C(=O)Nc1cccc(C(F)(F)F)c1. The van der Waals surface area contributed by atoms with Crippen molar-refractivity contribution in [3.8, 4) is 11.8 Å². The smallest absolute Gasteiger partial charge is 0.416 e. The van der Waals surface area contributed by atoms with E-state index in [2.05, 4.69) is 5.32 Å². The molecule has 3 aromatic carbocycles. The molecular weight excluding hydrogens is 405 g/mol. The molecule has 31 heavy (non-hydrogen) atoms. The van der Waals surface area contributed by atoms with Gasteiger partial charge in [0.05, 0.1) is 12.2 Å². The van der Waals surface area contributed by atoms with Crippen molar-refractivity contribution >= 4 is 28.4 Å². The van der Waals surface area contributed by atoms with E-state index in [1.807, 2.05) is 43.3 Å². The Hall–Kier alpha value is -3.79. The molecule has 0 aliphatic carbocycles. The van der Waals surface area contributed by atoms with Crippen LogP contribution in [0.25, 0.3) is 16.8 Å². The number of nitriles is 1. The van der Waals surface area contributed by atoms with Crippen molar-refractivity contribution in [1.29, 1.82) is 5.26 Å². The van der Waals surface area contributed by atoms with Gasteiger partial charge in [-0.25, -0.2) is 0 Å². The summed E-state index contributed by atoms with van der Waals surface area (Å²) in [5.74, 6) is -0.295. The molecule has 3 aromatic rings. The lowest BCUT2D eigenvalue weighted by molar-refractivity contribution is -0.137. The Balaban J connectivity index is 1.99. The van der Waals surface area contributed by atoms with Gasteiger partial charge in [0.25, 0.3) is 5.91 Å². The van der Waals surface area contributed by atoms with Gasteiger partial charge in [0.15, 0.2) is 0 Å². The van der Waals surface area contributed by atoms with Crippen LogP contribution in [0.5, 0.6) is 5.75 Å². The zero-order valence-electron chi connectivity index (χ0n) is 16.7. The van der Waals surface area contributed by atoms with Crippen LogP contribution >= 0.6 is 0 Å². The third kappa shape index (κ3) is 5.23. The summed E-state index contributed by atoms with van der Waals surface area (Å²) in [6.45, 7) is 2.41. The summed E-state index contributed by atoms with van der Waals surface area (Å²) in [7, 11) is 0. The van der Waals surface area contributed by atoms with E-state index >= 15 is 0 Å². The van der Waals surface area contributed by atoms with Crippen molar-refractivity contribution in [2.45, 2.75) is 19.5 Å². The summed E-state index contributed by atoms with van der Waals surface area (Å²) in [5, 5.41) is 13.6. The average molecular weight is 424 g/mol. The first-order valence-corrected chi connectivity index (χ1v) is 9.58. The minimum atomic E-state index is -4.54. The van der Waals surface area contributed by atoms with Crippen LogP contribution in [-0.2, 0) is 11.0 Å². The average Bonchev–Trinajstić information content (AvgIpc) is 2.75. The maximum absolute atomic E-state index is 12.9. The lowest BCUT2D eigenvalue weighted by Gasteiger charge is -2.12. The highest BCUT2D eigenvalue weighted by molar-refractivity contribution is 6.11. The van der Waals surface area contributed by atoms with E-state index in [9.17, 15) is 23.2 Å². The highest BCUT2D eigenvalue weighted by atomic mass is 19.4. The molecule has 1 N–H and O–H groups in total. The number of fused-ring (bicyclic) bond motifs is 1. The maximum Gasteiger partial charge on any atom is 0.416 e. The van der Waals surface area contributed by atoms with Crippen LogP contribution in [0.2, 0.25) is 0 Å². The van der Waals surface area contributed by atoms with Crippen LogP contribution < -0.4 is 10.1 Å². The number of rotatable bonds is 6. The number of hydrogen-bond donors (Lipinski definition) is 1. The molecule has 158 valence electrons. The number of alkyl halides is 3. The molecule has 0 aromatic heterocycles. The van der Waals surface area contributed by atoms with Crippen LogP contribution in [0.3, 0.4) is 0 Å². The first-order chi connectivity index (χ1) is 14.8. The molecule has 0 spiro atoms. The number of carbonyl (C=O) groups excluding carboxylic acids is 1. The fourth-order valence-electron chi connectivity index (χ4n) is 3.03. The highest BCUT2D eigenvalue weighted by Gasteiger charge is 2.30. The Kier molecular flexibility index (Phi) is 6.61. The van der Waals surface area contributed by atoms with Crippen molar-refractivity contribution in [2.75, 3.05) is 11.9 Å². The van der Waals surface area contributed by atoms with E-state index in [0.717, 1.165) is 29.3 Å². The summed E-state index contributed by atoms with van der Waals surface area (Å²) < 4.78 is 44.5. The molecular formula is C24H19F3N2O2. The zero-order valence-corrected chi connectivity index (χ0v) is 16.7. The lowest BCUT2D eigenvalue weighted by Crippen LogP contribution is -2.14. The summed E-state index contributed by atoms with van der Waals surface area (Å²) in [6.07, 6.45) is -2.36. The summed E-state index contributed by atoms with van der Waals surface area (Å²) >= 11 is 0. The van der Waals surface area contributed by atoms with Gasteiger partial charge in [-0.2, -0.15) is 18.4 Å². The second-order valence-corrected chi connectivity index (χ2v) is 6.75. The van der Waals surface area contributed by atoms with Gasteiger partial charge >= 0.3 is 6.18 Å². The van der Waals surface area contributed by atoms with Gasteiger partial charge in [-0.05, 0) is 47.5 Å². The molecule has 0 saturated carbocycles. The summed E-state index contributed by atoms with van der Waals surface area (Å²) in [6, 6.07) is 17.2. The maximum atomic E-state index is 12.9. The van der Waals surface area contributed by atoms with E-state index in [-0.39, 0.29) is 11.3 Å². The first kappa shape index (κ1) is 21.9. The Labute approximate surface area is 177 Å². The van der Waals surface area contributed by atoms with Crippen molar-refractivity contribution in [2.24, 2.45) is 0 Å². The molecule has 0 aliphatic heterocycles. The molecule has 0 unspecified atom stereocenters. The Bertz CT molecular complexity index is 1180. The van der Waals surface area contributed by atoms with E-state index in [0.29, 0.717) is 17.9 Å². The minimum Gasteiger partial charge on any atom is -0.493 e. The second-order valence-electron chi connectivity index (χ2n) is 6.75. The fraction of sp³-hybridized carbons (Fsp3) is 0.167. The van der Waals surface area contributed by atoms with Gasteiger partial charge in [0.1, 0.15) is 17.4 Å². The molecule has 0 aliphatic rings. The van der Waals surface area contributed by atoms with Crippen molar-refractivity contribution < 1.29 is 22.7 Å². The number of benzene rings is 3. The van der Waals surface area contributed by atoms with Gasteiger partial charge in [0, 0.05) is 11.3 Å². The molecule has 0 radical (unpaired) electrons. The Morgan fingerprint density at radius 3 is 2.61 bits per heavy atom. The number of ether oxygens (including phenoxy) is 1. The number of carbonyl (C=O) groups is 1. The van der Waals surface area contributed by atoms with Crippen LogP contribution in [0.4, 0.5) is 18.9 Å². The van der Waals surface area contributed by atoms with Crippen molar-refractivity contribution in [1.82, 2.24) is 0 Å². The minimum absolute atomic E-state index is 0.0543. The van der Waals surface area contributed by atoms with E-state index in [1.54, 1.807) is 6.07 Å². The fourth-order valence-corrected chi connectivity index (χ4v) is 3.03. The first-order valence-electron chi connectivity index (χ1n) is 9.58. The molecule has 0 heterocycles. The highest BCUT2D eigenvalue weighted by Crippen LogP contribution is 2.32. The summed E-state index contributed by atoms with van der Waals surface area (Å²) in [5.41, 5.74) is -0.643. The van der Waals surface area contributed by atoms with Crippen molar-refractivity contribution in [3.05, 3.63) is 77.4 Å². The van der Waals surface area contributed by atoms with Gasteiger partial charge in [-0.3, -0.25) is 4.79 Å². The molecule has 0 bridgehead atoms. The van der Waals surface area contributed by atoms with Crippen LogP contribution in [-0.4, -0.2) is 12.5 Å². The van der Waals surface area contributed by atoms with Gasteiger partial charge in [-0.1, -0.05) is 43.3 Å². The third-order valence-electron chi connectivity index (χ3n) is 4.49. The predicted octanol–water partition coefficient (Wildman–Crippen LogP) is 6.19. The molecule has 4 nitrogen and oxygen atoms in total. The zero-order chi connectivity index (χ0) is 22.4.